The highest BCUT2D eigenvalue weighted by molar-refractivity contribution is 7.89. The van der Waals surface area contributed by atoms with Crippen molar-refractivity contribution in [2.75, 3.05) is 26.2 Å². The first kappa shape index (κ1) is 21.1. The Labute approximate surface area is 170 Å². The lowest BCUT2D eigenvalue weighted by Crippen LogP contribution is -2.34. The van der Waals surface area contributed by atoms with Gasteiger partial charge in [-0.2, -0.15) is 4.31 Å². The third-order valence-electron chi connectivity index (χ3n) is 4.76. The highest BCUT2D eigenvalue weighted by Crippen LogP contribution is 2.20. The molecule has 2 aromatic rings. The first-order valence-corrected chi connectivity index (χ1v) is 11.1. The van der Waals surface area contributed by atoms with Gasteiger partial charge in [-0.05, 0) is 49.2 Å². The molecule has 2 amide bonds. The fraction of sp³-hybridized carbons (Fsp3) is 0.400. The van der Waals surface area contributed by atoms with Gasteiger partial charge in [0.05, 0.1) is 11.2 Å². The van der Waals surface area contributed by atoms with Crippen LogP contribution >= 0.6 is 0 Å². The van der Waals surface area contributed by atoms with E-state index in [9.17, 15) is 18.0 Å². The van der Waals surface area contributed by atoms with Crippen molar-refractivity contribution < 1.29 is 22.4 Å². The summed E-state index contributed by atoms with van der Waals surface area (Å²) in [4.78, 5) is 24.1. The largest absolute Gasteiger partial charge is 0.459 e. The first-order chi connectivity index (χ1) is 14.0. The molecular formula is C20H25N3O5S. The van der Waals surface area contributed by atoms with Crippen LogP contribution in [0.1, 0.15) is 46.6 Å². The summed E-state index contributed by atoms with van der Waals surface area (Å²) in [5.41, 5.74) is 0.358. The lowest BCUT2D eigenvalue weighted by atomic mass is 10.2. The van der Waals surface area contributed by atoms with Crippen molar-refractivity contribution in [3.05, 3.63) is 54.0 Å². The van der Waals surface area contributed by atoms with E-state index < -0.39 is 10.0 Å². The van der Waals surface area contributed by atoms with Crippen molar-refractivity contribution in [1.29, 1.82) is 0 Å². The molecule has 2 heterocycles. The van der Waals surface area contributed by atoms with Crippen LogP contribution in [-0.2, 0) is 10.0 Å². The highest BCUT2D eigenvalue weighted by Gasteiger charge is 2.25. The van der Waals surface area contributed by atoms with Crippen LogP contribution in [-0.4, -0.2) is 50.7 Å². The number of hydrogen-bond donors (Lipinski definition) is 2. The van der Waals surface area contributed by atoms with Crippen LogP contribution in [0.3, 0.4) is 0 Å². The molecule has 0 unspecified atom stereocenters. The number of benzene rings is 1. The van der Waals surface area contributed by atoms with E-state index in [1.165, 1.54) is 34.8 Å². The minimum atomic E-state index is -3.53. The third-order valence-corrected chi connectivity index (χ3v) is 6.67. The lowest BCUT2D eigenvalue weighted by Gasteiger charge is -2.20. The number of carbonyl (C=O) groups is 2. The van der Waals surface area contributed by atoms with Crippen molar-refractivity contribution in [2.45, 2.75) is 30.6 Å². The summed E-state index contributed by atoms with van der Waals surface area (Å²) in [5, 5.41) is 5.32. The molecule has 9 heteroatoms. The number of nitrogens with one attached hydrogen (secondary N) is 2. The Morgan fingerprint density at radius 3 is 2.10 bits per heavy atom. The number of amides is 2. The van der Waals surface area contributed by atoms with Crippen LogP contribution in [0, 0.1) is 0 Å². The summed E-state index contributed by atoms with van der Waals surface area (Å²) in [6.07, 6.45) is 5.25. The van der Waals surface area contributed by atoms with Crippen molar-refractivity contribution >= 4 is 21.8 Å². The SMILES string of the molecule is O=C(NCCNC(=O)c1ccco1)c1ccc(S(=O)(=O)N2CCCCCC2)cc1. The zero-order valence-electron chi connectivity index (χ0n) is 16.1. The molecule has 156 valence electrons. The standard InChI is InChI=1S/C20H25N3O5S/c24-19(21-11-12-22-20(25)18-6-5-15-28-18)16-7-9-17(10-8-16)29(26,27)23-13-3-1-2-4-14-23/h5-10,15H,1-4,11-14H2,(H,21,24)(H,22,25). The normalized spacial score (nSPS) is 15.4. The minimum Gasteiger partial charge on any atom is -0.459 e. The molecule has 0 radical (unpaired) electrons. The predicted molar refractivity (Wildman–Crippen MR) is 107 cm³/mol. The van der Waals surface area contributed by atoms with E-state index in [0.29, 0.717) is 18.7 Å². The van der Waals surface area contributed by atoms with Gasteiger partial charge in [0, 0.05) is 31.7 Å². The Hall–Kier alpha value is -2.65. The topological polar surface area (TPSA) is 109 Å². The average molecular weight is 420 g/mol. The quantitative estimate of drug-likeness (QED) is 0.668. The second kappa shape index (κ2) is 9.71. The van der Waals surface area contributed by atoms with Crippen LogP contribution < -0.4 is 10.6 Å². The maximum Gasteiger partial charge on any atom is 0.287 e. The smallest absolute Gasteiger partial charge is 0.287 e. The van der Waals surface area contributed by atoms with E-state index in [1.54, 1.807) is 12.1 Å². The van der Waals surface area contributed by atoms with Crippen LogP contribution in [0.25, 0.3) is 0 Å². The van der Waals surface area contributed by atoms with Gasteiger partial charge in [0.1, 0.15) is 0 Å². The van der Waals surface area contributed by atoms with Gasteiger partial charge in [-0.3, -0.25) is 9.59 Å². The van der Waals surface area contributed by atoms with Crippen LogP contribution in [0.4, 0.5) is 0 Å². The number of hydrogen-bond acceptors (Lipinski definition) is 5. The first-order valence-electron chi connectivity index (χ1n) is 9.68. The highest BCUT2D eigenvalue weighted by atomic mass is 32.2. The molecule has 3 rings (SSSR count). The molecule has 1 aromatic carbocycles. The van der Waals surface area contributed by atoms with Crippen molar-refractivity contribution in [3.8, 4) is 0 Å². The molecule has 8 nitrogen and oxygen atoms in total. The van der Waals surface area contributed by atoms with Crippen molar-refractivity contribution in [3.63, 3.8) is 0 Å². The second-order valence-corrected chi connectivity index (χ2v) is 8.77. The van der Waals surface area contributed by atoms with Gasteiger partial charge in [-0.25, -0.2) is 8.42 Å². The zero-order chi connectivity index (χ0) is 20.7. The third kappa shape index (κ3) is 5.45. The van der Waals surface area contributed by atoms with Gasteiger partial charge in [-0.1, -0.05) is 12.8 Å². The number of furan rings is 1. The van der Waals surface area contributed by atoms with E-state index in [0.717, 1.165) is 25.7 Å². The summed E-state index contributed by atoms with van der Waals surface area (Å²) in [5.74, 6) is -0.485. The lowest BCUT2D eigenvalue weighted by molar-refractivity contribution is 0.0910. The molecule has 0 saturated carbocycles. The second-order valence-electron chi connectivity index (χ2n) is 6.83. The fourth-order valence-electron chi connectivity index (χ4n) is 3.16. The van der Waals surface area contributed by atoms with E-state index in [-0.39, 0.29) is 35.6 Å². The maximum absolute atomic E-state index is 12.8. The summed E-state index contributed by atoms with van der Waals surface area (Å²) < 4.78 is 32.0. The van der Waals surface area contributed by atoms with Crippen molar-refractivity contribution in [2.24, 2.45) is 0 Å². The van der Waals surface area contributed by atoms with Gasteiger partial charge in [0.2, 0.25) is 10.0 Å². The van der Waals surface area contributed by atoms with Gasteiger partial charge < -0.3 is 15.1 Å². The molecule has 1 aromatic heterocycles. The summed E-state index contributed by atoms with van der Waals surface area (Å²) >= 11 is 0. The summed E-state index contributed by atoms with van der Waals surface area (Å²) in [7, 11) is -3.53. The molecule has 1 aliphatic rings. The predicted octanol–water partition coefficient (Wildman–Crippen LogP) is 2.00. The molecule has 29 heavy (non-hydrogen) atoms. The van der Waals surface area contributed by atoms with E-state index in [4.69, 9.17) is 4.42 Å². The molecule has 1 fully saturated rings. The Kier molecular flexibility index (Phi) is 7.05. The average Bonchev–Trinajstić information content (AvgIpc) is 3.13. The number of nitrogens with zero attached hydrogens (tertiary/aromatic N) is 1. The Morgan fingerprint density at radius 2 is 1.52 bits per heavy atom. The molecule has 0 aliphatic carbocycles. The van der Waals surface area contributed by atoms with Crippen LogP contribution in [0.5, 0.6) is 0 Å². The van der Waals surface area contributed by atoms with Gasteiger partial charge in [-0.15, -0.1) is 0 Å². The maximum atomic E-state index is 12.8. The van der Waals surface area contributed by atoms with Crippen LogP contribution in [0.2, 0.25) is 0 Å². The molecule has 2 N–H and O–H groups in total. The Bertz CT molecular complexity index is 916. The monoisotopic (exact) mass is 419 g/mol. The van der Waals surface area contributed by atoms with Crippen molar-refractivity contribution in [1.82, 2.24) is 14.9 Å². The molecule has 1 saturated heterocycles. The van der Waals surface area contributed by atoms with Gasteiger partial charge >= 0.3 is 0 Å². The van der Waals surface area contributed by atoms with E-state index in [2.05, 4.69) is 10.6 Å². The zero-order valence-corrected chi connectivity index (χ0v) is 16.9. The van der Waals surface area contributed by atoms with E-state index >= 15 is 0 Å². The Balaban J connectivity index is 1.51. The number of carbonyl (C=O) groups excluding carboxylic acids is 2. The molecule has 0 atom stereocenters. The number of rotatable bonds is 7. The van der Waals surface area contributed by atoms with E-state index in [1.807, 2.05) is 0 Å². The minimum absolute atomic E-state index is 0.196. The molecular weight excluding hydrogens is 394 g/mol. The van der Waals surface area contributed by atoms with Gasteiger partial charge in [0.25, 0.3) is 11.8 Å². The molecule has 1 aliphatic heterocycles. The Morgan fingerprint density at radius 1 is 0.897 bits per heavy atom. The molecule has 0 spiro atoms. The van der Waals surface area contributed by atoms with Gasteiger partial charge in [0.15, 0.2) is 5.76 Å². The molecule has 0 bridgehead atoms. The summed E-state index contributed by atoms with van der Waals surface area (Å²) in [6.45, 7) is 1.55. The number of sulfonamides is 1. The summed E-state index contributed by atoms with van der Waals surface area (Å²) in [6, 6.07) is 9.10. The van der Waals surface area contributed by atoms with Crippen LogP contribution in [0.15, 0.2) is 52.0 Å². The fourth-order valence-corrected chi connectivity index (χ4v) is 4.68.